The molecule has 3 aromatic carbocycles. The Kier molecular flexibility index (Phi) is 10.8. The molecular weight excluding hydrogens is 609 g/mol. The van der Waals surface area contributed by atoms with Gasteiger partial charge in [0.1, 0.15) is 24.1 Å². The van der Waals surface area contributed by atoms with Crippen LogP contribution < -0.4 is 19.7 Å². The molecule has 10 nitrogen and oxygen atoms in total. The zero-order chi connectivity index (χ0) is 32.6. The standard InChI is InChI=1S/C31H31F3N6O4S/c1-20-17-26(43-4)18-21(2)27(20)39(3)30(45-16-15-41)37-29(42)35-14-13-22-5-7-23(8-6-22)28-36-19-40(38-28)24-9-11-25(12-10-24)44-31(32,33)34/h5-12,15,17-19H,13-14,16H2,1-4H3,(H,35,42). The van der Waals surface area contributed by atoms with Gasteiger partial charge in [0.2, 0.25) is 0 Å². The number of thioether (sulfide) groups is 1. The Morgan fingerprint density at radius 2 is 1.73 bits per heavy atom. The van der Waals surface area contributed by atoms with Gasteiger partial charge in [0.05, 0.1) is 18.6 Å². The first kappa shape index (κ1) is 33.1. The minimum absolute atomic E-state index is 0.146. The van der Waals surface area contributed by atoms with Crippen LogP contribution in [0.15, 0.2) is 72.0 Å². The summed E-state index contributed by atoms with van der Waals surface area (Å²) in [6.45, 7) is 4.21. The lowest BCUT2D eigenvalue weighted by Gasteiger charge is -2.24. The average molecular weight is 641 g/mol. The van der Waals surface area contributed by atoms with Crippen molar-refractivity contribution in [2.45, 2.75) is 26.6 Å². The molecule has 0 saturated heterocycles. The number of aldehydes is 1. The summed E-state index contributed by atoms with van der Waals surface area (Å²) in [4.78, 5) is 34.1. The Labute approximate surface area is 262 Å². The number of nitrogens with one attached hydrogen (secondary N) is 1. The number of carbonyl (C=O) groups is 2. The zero-order valence-electron chi connectivity index (χ0n) is 25.0. The number of amides is 2. The van der Waals surface area contributed by atoms with Crippen molar-refractivity contribution in [3.05, 3.63) is 83.7 Å². The predicted molar refractivity (Wildman–Crippen MR) is 167 cm³/mol. The van der Waals surface area contributed by atoms with Gasteiger partial charge in [-0.3, -0.25) is 0 Å². The van der Waals surface area contributed by atoms with E-state index in [4.69, 9.17) is 4.74 Å². The van der Waals surface area contributed by atoms with Crippen LogP contribution in [-0.2, 0) is 11.2 Å². The van der Waals surface area contributed by atoms with E-state index >= 15 is 0 Å². The monoisotopic (exact) mass is 640 g/mol. The molecule has 0 aliphatic carbocycles. The van der Waals surface area contributed by atoms with Crippen LogP contribution in [0.4, 0.5) is 23.7 Å². The Morgan fingerprint density at radius 3 is 2.33 bits per heavy atom. The maximum Gasteiger partial charge on any atom is 0.573 e. The highest BCUT2D eigenvalue weighted by atomic mass is 32.2. The number of hydrogen-bond donors (Lipinski definition) is 1. The minimum atomic E-state index is -4.76. The van der Waals surface area contributed by atoms with Gasteiger partial charge >= 0.3 is 12.4 Å². The number of hydrogen-bond acceptors (Lipinski definition) is 7. The number of carbonyl (C=O) groups excluding carboxylic acids is 2. The molecule has 0 saturated carbocycles. The summed E-state index contributed by atoms with van der Waals surface area (Å²) in [5.74, 6) is 0.984. The fraction of sp³-hybridized carbons (Fsp3) is 0.258. The summed E-state index contributed by atoms with van der Waals surface area (Å²) < 4.78 is 47.9. The first-order valence-corrected chi connectivity index (χ1v) is 14.6. The number of aryl methyl sites for hydroxylation is 2. The molecule has 0 radical (unpaired) electrons. The number of urea groups is 1. The van der Waals surface area contributed by atoms with Crippen LogP contribution in [0.1, 0.15) is 16.7 Å². The molecule has 4 rings (SSSR count). The lowest BCUT2D eigenvalue weighted by atomic mass is 10.1. The Balaban J connectivity index is 1.35. The van der Waals surface area contributed by atoms with Gasteiger partial charge < -0.3 is 24.5 Å². The van der Waals surface area contributed by atoms with E-state index in [2.05, 4.69) is 25.1 Å². The molecule has 0 atom stereocenters. The van der Waals surface area contributed by atoms with Crippen LogP contribution in [0.2, 0.25) is 0 Å². The van der Waals surface area contributed by atoms with Crippen molar-refractivity contribution < 1.29 is 32.2 Å². The molecule has 1 heterocycles. The Bertz CT molecular complexity index is 1630. The van der Waals surface area contributed by atoms with Crippen molar-refractivity contribution in [3.8, 4) is 28.6 Å². The highest BCUT2D eigenvalue weighted by Gasteiger charge is 2.31. The van der Waals surface area contributed by atoms with Crippen molar-refractivity contribution in [3.63, 3.8) is 0 Å². The molecule has 1 N–H and O–H groups in total. The zero-order valence-corrected chi connectivity index (χ0v) is 25.8. The summed E-state index contributed by atoms with van der Waals surface area (Å²) in [5, 5.41) is 7.60. The number of anilines is 1. The van der Waals surface area contributed by atoms with Crippen LogP contribution in [0.25, 0.3) is 17.1 Å². The highest BCUT2D eigenvalue weighted by Crippen LogP contribution is 2.30. The quantitative estimate of drug-likeness (QED) is 0.125. The number of nitrogens with zero attached hydrogens (tertiary/aromatic N) is 5. The molecule has 45 heavy (non-hydrogen) atoms. The number of aromatic nitrogens is 3. The summed E-state index contributed by atoms with van der Waals surface area (Å²) in [6, 6.07) is 16.0. The smallest absolute Gasteiger partial charge is 0.497 e. The van der Waals surface area contributed by atoms with Crippen LogP contribution in [0, 0.1) is 13.8 Å². The molecule has 236 valence electrons. The molecule has 0 aliphatic rings. The molecule has 2 amide bonds. The number of amidine groups is 1. The molecule has 0 aliphatic heterocycles. The summed E-state index contributed by atoms with van der Waals surface area (Å²) in [5.41, 5.74) is 4.97. The molecule has 14 heteroatoms. The second-order valence-electron chi connectivity index (χ2n) is 9.77. The molecule has 1 aromatic heterocycles. The van der Waals surface area contributed by atoms with Crippen molar-refractivity contribution in [1.29, 1.82) is 0 Å². The van der Waals surface area contributed by atoms with Crippen LogP contribution >= 0.6 is 11.8 Å². The number of rotatable bonds is 10. The number of ether oxygens (including phenoxy) is 2. The van der Waals surface area contributed by atoms with Gasteiger partial charge in [-0.1, -0.05) is 36.0 Å². The number of methoxy groups -OCH3 is 1. The molecule has 4 aromatic rings. The van der Waals surface area contributed by atoms with Crippen LogP contribution in [-0.4, -0.2) is 65.1 Å². The molecule has 0 bridgehead atoms. The Hall–Kier alpha value is -4.85. The van der Waals surface area contributed by atoms with Crippen molar-refractivity contribution in [2.24, 2.45) is 4.99 Å². The topological polar surface area (TPSA) is 111 Å². The average Bonchev–Trinajstić information content (AvgIpc) is 3.49. The third kappa shape index (κ3) is 9.08. The minimum Gasteiger partial charge on any atom is -0.497 e. The van der Waals surface area contributed by atoms with Gasteiger partial charge in [-0.15, -0.1) is 18.3 Å². The lowest BCUT2D eigenvalue weighted by molar-refractivity contribution is -0.274. The third-order valence-electron chi connectivity index (χ3n) is 6.53. The molecule has 0 fully saturated rings. The number of aliphatic imine (C=N–C) groups is 1. The first-order valence-electron chi connectivity index (χ1n) is 13.7. The van der Waals surface area contributed by atoms with Crippen molar-refractivity contribution in [1.82, 2.24) is 20.1 Å². The van der Waals surface area contributed by atoms with E-state index < -0.39 is 12.4 Å². The number of benzene rings is 3. The molecule has 0 spiro atoms. The lowest BCUT2D eigenvalue weighted by Crippen LogP contribution is -2.30. The summed E-state index contributed by atoms with van der Waals surface area (Å²) >= 11 is 1.17. The maximum atomic E-state index is 12.7. The van der Waals surface area contributed by atoms with Gasteiger partial charge in [-0.25, -0.2) is 14.5 Å². The summed E-state index contributed by atoms with van der Waals surface area (Å²) in [7, 11) is 3.40. The normalized spacial score (nSPS) is 11.7. The first-order chi connectivity index (χ1) is 21.5. The fourth-order valence-corrected chi connectivity index (χ4v) is 5.20. The van der Waals surface area contributed by atoms with Crippen LogP contribution in [0.5, 0.6) is 11.5 Å². The summed E-state index contributed by atoms with van der Waals surface area (Å²) in [6.07, 6.45) is -1.99. The second kappa shape index (κ2) is 14.8. The molecule has 0 unspecified atom stereocenters. The number of alkyl halides is 3. The second-order valence-corrected chi connectivity index (χ2v) is 10.8. The van der Waals surface area contributed by atoms with E-state index in [1.165, 1.54) is 47.0 Å². The largest absolute Gasteiger partial charge is 0.573 e. The van der Waals surface area contributed by atoms with Crippen molar-refractivity contribution in [2.75, 3.05) is 31.4 Å². The third-order valence-corrected chi connectivity index (χ3v) is 7.46. The number of halogens is 3. The molecular formula is C31H31F3N6O4S. The van der Waals surface area contributed by atoms with Crippen molar-refractivity contribution >= 4 is 34.9 Å². The van der Waals surface area contributed by atoms with Gasteiger partial charge in [-0.2, -0.15) is 4.99 Å². The van der Waals surface area contributed by atoms with E-state index in [0.717, 1.165) is 40.0 Å². The van der Waals surface area contributed by atoms with Gasteiger partial charge in [0.15, 0.2) is 11.0 Å². The van der Waals surface area contributed by atoms with Gasteiger partial charge in [-0.05, 0) is 73.4 Å². The highest BCUT2D eigenvalue weighted by molar-refractivity contribution is 8.14. The van der Waals surface area contributed by atoms with E-state index in [1.807, 2.05) is 50.2 Å². The fourth-order valence-electron chi connectivity index (χ4n) is 4.55. The Morgan fingerprint density at radius 1 is 1.07 bits per heavy atom. The SMILES string of the molecule is COc1cc(C)c(N(C)C(=NC(=O)NCCc2ccc(-c3ncn(-c4ccc(OC(F)(F)F)cc4)n3)cc2)SCC=O)c(C)c1. The van der Waals surface area contributed by atoms with E-state index in [1.54, 1.807) is 19.1 Å². The van der Waals surface area contributed by atoms with E-state index in [-0.39, 0.29) is 11.5 Å². The van der Waals surface area contributed by atoms with Crippen LogP contribution in [0.3, 0.4) is 0 Å². The van der Waals surface area contributed by atoms with E-state index in [0.29, 0.717) is 29.6 Å². The van der Waals surface area contributed by atoms with Gasteiger partial charge in [0.25, 0.3) is 0 Å². The van der Waals surface area contributed by atoms with Gasteiger partial charge in [0, 0.05) is 24.8 Å². The predicted octanol–water partition coefficient (Wildman–Crippen LogP) is 6.13. The van der Waals surface area contributed by atoms with E-state index in [9.17, 15) is 22.8 Å². The maximum absolute atomic E-state index is 12.7.